The SMILES string of the molecule is Nc1ccc2cnn(CC(=O)Nc3ccn4ccnc4c3)c2n1. The Kier molecular flexibility index (Phi) is 2.94. The quantitative estimate of drug-likeness (QED) is 0.594. The van der Waals surface area contributed by atoms with Crippen LogP contribution in [-0.4, -0.2) is 30.1 Å². The van der Waals surface area contributed by atoms with Gasteiger partial charge in [0.05, 0.1) is 6.20 Å². The molecule has 0 saturated carbocycles. The summed E-state index contributed by atoms with van der Waals surface area (Å²) in [6.45, 7) is 0.0551. The normalized spacial score (nSPS) is 11.1. The third kappa shape index (κ3) is 2.46. The van der Waals surface area contributed by atoms with Crippen LogP contribution in [0.25, 0.3) is 16.7 Å². The van der Waals surface area contributed by atoms with Gasteiger partial charge in [0.1, 0.15) is 18.0 Å². The van der Waals surface area contributed by atoms with Crippen LogP contribution in [0.3, 0.4) is 0 Å². The van der Waals surface area contributed by atoms with E-state index in [9.17, 15) is 4.79 Å². The molecule has 0 radical (unpaired) electrons. The van der Waals surface area contributed by atoms with Crippen LogP contribution in [0.4, 0.5) is 11.5 Å². The summed E-state index contributed by atoms with van der Waals surface area (Å²) in [7, 11) is 0. The van der Waals surface area contributed by atoms with Crippen LogP contribution >= 0.6 is 0 Å². The van der Waals surface area contributed by atoms with Gasteiger partial charge in [-0.1, -0.05) is 0 Å². The van der Waals surface area contributed by atoms with Gasteiger partial charge in [0.25, 0.3) is 0 Å². The fraction of sp³-hybridized carbons (Fsp3) is 0.0667. The van der Waals surface area contributed by atoms with Crippen molar-refractivity contribution in [2.75, 3.05) is 11.1 Å². The molecule has 3 N–H and O–H groups in total. The molecule has 0 fully saturated rings. The molecule has 0 aliphatic carbocycles. The summed E-state index contributed by atoms with van der Waals surface area (Å²) >= 11 is 0. The Morgan fingerprint density at radius 1 is 1.26 bits per heavy atom. The molecule has 114 valence electrons. The summed E-state index contributed by atoms with van der Waals surface area (Å²) in [5, 5.41) is 7.85. The Morgan fingerprint density at radius 2 is 2.17 bits per heavy atom. The van der Waals surface area contributed by atoms with Crippen molar-refractivity contribution in [3.05, 3.63) is 49.1 Å². The zero-order valence-electron chi connectivity index (χ0n) is 12.0. The van der Waals surface area contributed by atoms with E-state index in [0.717, 1.165) is 11.0 Å². The highest BCUT2D eigenvalue weighted by Crippen LogP contribution is 2.14. The molecule has 1 amide bonds. The Morgan fingerprint density at radius 3 is 3.09 bits per heavy atom. The zero-order valence-corrected chi connectivity index (χ0v) is 12.0. The van der Waals surface area contributed by atoms with Crippen molar-refractivity contribution in [1.82, 2.24) is 24.1 Å². The second-order valence-corrected chi connectivity index (χ2v) is 5.11. The van der Waals surface area contributed by atoms with Crippen LogP contribution in [-0.2, 0) is 11.3 Å². The van der Waals surface area contributed by atoms with E-state index in [0.29, 0.717) is 17.2 Å². The number of nitrogens with two attached hydrogens (primary N) is 1. The van der Waals surface area contributed by atoms with Crippen molar-refractivity contribution in [2.45, 2.75) is 6.54 Å². The van der Waals surface area contributed by atoms with Gasteiger partial charge < -0.3 is 15.5 Å². The van der Waals surface area contributed by atoms with Gasteiger partial charge in [-0.3, -0.25) is 4.79 Å². The molecule has 0 aliphatic rings. The van der Waals surface area contributed by atoms with Crippen molar-refractivity contribution < 1.29 is 4.79 Å². The van der Waals surface area contributed by atoms with Crippen LogP contribution in [0.15, 0.2) is 49.1 Å². The first-order chi connectivity index (χ1) is 11.2. The van der Waals surface area contributed by atoms with E-state index in [1.54, 1.807) is 24.5 Å². The van der Waals surface area contributed by atoms with Crippen LogP contribution in [0, 0.1) is 0 Å². The van der Waals surface area contributed by atoms with Crippen molar-refractivity contribution in [3.63, 3.8) is 0 Å². The molecule has 4 rings (SSSR count). The number of nitrogen functional groups attached to an aromatic ring is 1. The minimum Gasteiger partial charge on any atom is -0.384 e. The third-order valence-corrected chi connectivity index (χ3v) is 3.48. The van der Waals surface area contributed by atoms with E-state index in [1.807, 2.05) is 28.9 Å². The average molecular weight is 307 g/mol. The first-order valence-electron chi connectivity index (χ1n) is 7.00. The van der Waals surface area contributed by atoms with Crippen molar-refractivity contribution >= 4 is 34.1 Å². The maximum Gasteiger partial charge on any atom is 0.246 e. The molecule has 4 aromatic heterocycles. The number of carbonyl (C=O) groups is 1. The van der Waals surface area contributed by atoms with E-state index < -0.39 is 0 Å². The number of hydrogen-bond acceptors (Lipinski definition) is 5. The highest BCUT2D eigenvalue weighted by molar-refractivity contribution is 5.91. The monoisotopic (exact) mass is 307 g/mol. The lowest BCUT2D eigenvalue weighted by Crippen LogP contribution is -2.19. The number of nitrogens with zero attached hydrogens (tertiary/aromatic N) is 5. The zero-order chi connectivity index (χ0) is 15.8. The van der Waals surface area contributed by atoms with E-state index >= 15 is 0 Å². The molecule has 8 heteroatoms. The molecule has 8 nitrogen and oxygen atoms in total. The van der Waals surface area contributed by atoms with Crippen molar-refractivity contribution in [3.8, 4) is 0 Å². The van der Waals surface area contributed by atoms with E-state index in [-0.39, 0.29) is 12.5 Å². The van der Waals surface area contributed by atoms with Crippen molar-refractivity contribution in [2.24, 2.45) is 0 Å². The second-order valence-electron chi connectivity index (χ2n) is 5.11. The Hall–Kier alpha value is -3.42. The number of aromatic nitrogens is 5. The largest absolute Gasteiger partial charge is 0.384 e. The number of hydrogen-bond donors (Lipinski definition) is 2. The summed E-state index contributed by atoms with van der Waals surface area (Å²) in [6, 6.07) is 7.14. The molecule has 0 saturated heterocycles. The molecule has 0 aliphatic heterocycles. The smallest absolute Gasteiger partial charge is 0.246 e. The Bertz CT molecular complexity index is 1020. The summed E-state index contributed by atoms with van der Waals surface area (Å²) in [5.41, 5.74) is 7.72. The van der Waals surface area contributed by atoms with E-state index in [4.69, 9.17) is 5.73 Å². The van der Waals surface area contributed by atoms with Crippen LogP contribution in [0.1, 0.15) is 0 Å². The Balaban J connectivity index is 1.55. The van der Waals surface area contributed by atoms with Gasteiger partial charge in [0, 0.05) is 35.7 Å². The first kappa shape index (κ1) is 13.3. The predicted octanol–water partition coefficient (Wildman–Crippen LogP) is 1.30. The first-order valence-corrected chi connectivity index (χ1v) is 7.00. The van der Waals surface area contributed by atoms with Gasteiger partial charge in [-0.15, -0.1) is 0 Å². The molecule has 0 bridgehead atoms. The van der Waals surface area contributed by atoms with Crippen LogP contribution < -0.4 is 11.1 Å². The number of rotatable bonds is 3. The number of nitrogens with one attached hydrogen (secondary N) is 1. The van der Waals surface area contributed by atoms with Gasteiger partial charge in [0.15, 0.2) is 5.65 Å². The van der Waals surface area contributed by atoms with E-state index in [2.05, 4.69) is 20.4 Å². The molecule has 4 aromatic rings. The lowest BCUT2D eigenvalue weighted by molar-refractivity contribution is -0.116. The minimum absolute atomic E-state index is 0.0551. The van der Waals surface area contributed by atoms with Crippen LogP contribution in [0.2, 0.25) is 0 Å². The minimum atomic E-state index is -0.199. The number of pyridine rings is 2. The highest BCUT2D eigenvalue weighted by atomic mass is 16.2. The topological polar surface area (TPSA) is 103 Å². The highest BCUT2D eigenvalue weighted by Gasteiger charge is 2.10. The second kappa shape index (κ2) is 5.09. The number of imidazole rings is 1. The van der Waals surface area contributed by atoms with Crippen LogP contribution in [0.5, 0.6) is 0 Å². The molecule has 0 aromatic carbocycles. The molecule has 0 spiro atoms. The lowest BCUT2D eigenvalue weighted by Gasteiger charge is -2.06. The fourth-order valence-corrected chi connectivity index (χ4v) is 2.41. The van der Waals surface area contributed by atoms with Gasteiger partial charge in [-0.2, -0.15) is 5.10 Å². The van der Waals surface area contributed by atoms with Gasteiger partial charge in [0.2, 0.25) is 5.91 Å². The lowest BCUT2D eigenvalue weighted by atomic mass is 10.3. The number of amides is 1. The van der Waals surface area contributed by atoms with Crippen molar-refractivity contribution in [1.29, 1.82) is 0 Å². The fourth-order valence-electron chi connectivity index (χ4n) is 2.41. The number of fused-ring (bicyclic) bond motifs is 2. The molecule has 23 heavy (non-hydrogen) atoms. The van der Waals surface area contributed by atoms with E-state index in [1.165, 1.54) is 4.68 Å². The molecule has 4 heterocycles. The summed E-state index contributed by atoms with van der Waals surface area (Å²) < 4.78 is 3.39. The molecule has 0 unspecified atom stereocenters. The molecular weight excluding hydrogens is 294 g/mol. The summed E-state index contributed by atoms with van der Waals surface area (Å²) in [6.07, 6.45) is 7.04. The molecular formula is C15H13N7O. The van der Waals surface area contributed by atoms with Gasteiger partial charge in [-0.05, 0) is 18.2 Å². The average Bonchev–Trinajstić information content (AvgIpc) is 3.14. The maximum absolute atomic E-state index is 12.2. The predicted molar refractivity (Wildman–Crippen MR) is 85.8 cm³/mol. The standard InChI is InChI=1S/C15H13N7O/c16-12-2-1-10-8-18-22(15(10)20-12)9-14(23)19-11-3-5-21-6-4-17-13(21)7-11/h1-8H,9H2,(H2,16,20)(H,19,23). The van der Waals surface area contributed by atoms with Gasteiger partial charge in [-0.25, -0.2) is 14.6 Å². The number of carbonyl (C=O) groups excluding carboxylic acids is 1. The van der Waals surface area contributed by atoms with Gasteiger partial charge >= 0.3 is 0 Å². The molecule has 0 atom stereocenters. The summed E-state index contributed by atoms with van der Waals surface area (Å²) in [5.74, 6) is 0.194. The summed E-state index contributed by atoms with van der Waals surface area (Å²) in [4.78, 5) is 20.6. The Labute approximate surface area is 130 Å². The number of anilines is 2. The third-order valence-electron chi connectivity index (χ3n) is 3.48. The maximum atomic E-state index is 12.2.